The molecule has 1 heterocycles. The van der Waals surface area contributed by atoms with Gasteiger partial charge in [-0.3, -0.25) is 19.8 Å². The first kappa shape index (κ1) is 24.5. The zero-order valence-electron chi connectivity index (χ0n) is 19.2. The topological polar surface area (TPSA) is 92.2 Å². The molecule has 0 spiro atoms. The van der Waals surface area contributed by atoms with Crippen molar-refractivity contribution in [1.29, 1.82) is 0 Å². The van der Waals surface area contributed by atoms with Gasteiger partial charge in [0.2, 0.25) is 0 Å². The molecule has 0 radical (unpaired) electrons. The van der Waals surface area contributed by atoms with E-state index >= 15 is 0 Å². The van der Waals surface area contributed by atoms with Gasteiger partial charge in [0, 0.05) is 26.3 Å². The Hall–Kier alpha value is -3.62. The van der Waals surface area contributed by atoms with Gasteiger partial charge < -0.3 is 10.6 Å². The van der Waals surface area contributed by atoms with Gasteiger partial charge in [-0.2, -0.15) is 0 Å². The SMILES string of the molecule is Cc1ccc(NC(=O)C(=O)Nn2c(C(=O)Nc3cccc(Cl)c3C)cc3cc(Br)ccc32)c(C)c1. The molecule has 0 aliphatic rings. The summed E-state index contributed by atoms with van der Waals surface area (Å²) < 4.78 is 2.11. The number of carbonyl (C=O) groups is 3. The van der Waals surface area contributed by atoms with Crippen LogP contribution in [0.25, 0.3) is 10.9 Å². The van der Waals surface area contributed by atoms with Crippen molar-refractivity contribution in [3.05, 3.63) is 92.5 Å². The first-order chi connectivity index (χ1) is 16.6. The maximum Gasteiger partial charge on any atom is 0.328 e. The van der Waals surface area contributed by atoms with Gasteiger partial charge in [0.1, 0.15) is 5.69 Å². The highest BCUT2D eigenvalue weighted by atomic mass is 79.9. The van der Waals surface area contributed by atoms with E-state index in [2.05, 4.69) is 32.0 Å². The lowest BCUT2D eigenvalue weighted by molar-refractivity contribution is -0.133. The van der Waals surface area contributed by atoms with Gasteiger partial charge in [-0.1, -0.05) is 51.3 Å². The summed E-state index contributed by atoms with van der Waals surface area (Å²) >= 11 is 9.60. The molecule has 7 nitrogen and oxygen atoms in total. The van der Waals surface area contributed by atoms with Crippen LogP contribution in [0.4, 0.5) is 11.4 Å². The maximum atomic E-state index is 13.2. The van der Waals surface area contributed by atoms with E-state index in [0.717, 1.165) is 15.6 Å². The predicted octanol–water partition coefficient (Wildman–Crippen LogP) is 5.94. The average Bonchev–Trinajstić information content (AvgIpc) is 3.16. The van der Waals surface area contributed by atoms with Gasteiger partial charge >= 0.3 is 11.8 Å². The number of carbonyl (C=O) groups excluding carboxylic acids is 3. The molecule has 0 aliphatic carbocycles. The zero-order valence-corrected chi connectivity index (χ0v) is 21.5. The van der Waals surface area contributed by atoms with Crippen molar-refractivity contribution in [3.8, 4) is 0 Å². The largest absolute Gasteiger partial charge is 0.328 e. The van der Waals surface area contributed by atoms with E-state index in [1.807, 2.05) is 32.0 Å². The number of anilines is 2. The Balaban J connectivity index is 1.65. The van der Waals surface area contributed by atoms with Crippen molar-refractivity contribution >= 4 is 67.5 Å². The van der Waals surface area contributed by atoms with Crippen LogP contribution in [0.1, 0.15) is 27.2 Å². The fourth-order valence-electron chi connectivity index (χ4n) is 3.69. The summed E-state index contributed by atoms with van der Waals surface area (Å²) in [4.78, 5) is 38.7. The van der Waals surface area contributed by atoms with Crippen molar-refractivity contribution < 1.29 is 14.4 Å². The molecule has 0 saturated heterocycles. The Morgan fingerprint density at radius 2 is 1.63 bits per heavy atom. The van der Waals surface area contributed by atoms with Crippen molar-refractivity contribution in [2.45, 2.75) is 20.8 Å². The summed E-state index contributed by atoms with van der Waals surface area (Å²) in [6, 6.07) is 17.7. The Labute approximate surface area is 215 Å². The van der Waals surface area contributed by atoms with E-state index < -0.39 is 17.7 Å². The number of hydrogen-bond acceptors (Lipinski definition) is 3. The van der Waals surface area contributed by atoms with Crippen LogP contribution in [-0.4, -0.2) is 22.4 Å². The quantitative estimate of drug-likeness (QED) is 0.273. The molecule has 4 rings (SSSR count). The molecule has 4 aromatic rings. The third-order valence-electron chi connectivity index (χ3n) is 5.56. The first-order valence-electron chi connectivity index (χ1n) is 10.7. The Morgan fingerprint density at radius 3 is 2.37 bits per heavy atom. The van der Waals surface area contributed by atoms with Gasteiger partial charge in [-0.15, -0.1) is 0 Å². The van der Waals surface area contributed by atoms with Gasteiger partial charge in [-0.25, -0.2) is 4.68 Å². The minimum atomic E-state index is -0.918. The van der Waals surface area contributed by atoms with Crippen LogP contribution in [0, 0.1) is 20.8 Å². The van der Waals surface area contributed by atoms with Crippen molar-refractivity contribution in [1.82, 2.24) is 4.68 Å². The molecule has 3 N–H and O–H groups in total. The summed E-state index contributed by atoms with van der Waals surface area (Å²) in [5.41, 5.74) is 6.92. The molecule has 9 heteroatoms. The monoisotopic (exact) mass is 552 g/mol. The highest BCUT2D eigenvalue weighted by molar-refractivity contribution is 9.10. The van der Waals surface area contributed by atoms with Crippen LogP contribution in [0.3, 0.4) is 0 Å². The average molecular weight is 554 g/mol. The number of hydrogen-bond donors (Lipinski definition) is 3. The van der Waals surface area contributed by atoms with Crippen molar-refractivity contribution in [3.63, 3.8) is 0 Å². The third-order valence-corrected chi connectivity index (χ3v) is 6.46. The summed E-state index contributed by atoms with van der Waals surface area (Å²) in [5, 5.41) is 6.67. The molecule has 0 saturated carbocycles. The Bertz CT molecular complexity index is 1500. The zero-order chi connectivity index (χ0) is 25.3. The number of rotatable bonds is 4. The van der Waals surface area contributed by atoms with E-state index in [-0.39, 0.29) is 5.69 Å². The van der Waals surface area contributed by atoms with E-state index in [0.29, 0.717) is 32.9 Å². The second-order valence-corrected chi connectivity index (χ2v) is 9.47. The van der Waals surface area contributed by atoms with Gasteiger partial charge in [0.25, 0.3) is 5.91 Å². The molecule has 0 bridgehead atoms. The summed E-state index contributed by atoms with van der Waals surface area (Å²) in [5.74, 6) is -2.25. The highest BCUT2D eigenvalue weighted by Gasteiger charge is 2.22. The summed E-state index contributed by atoms with van der Waals surface area (Å²) in [6.45, 7) is 5.58. The van der Waals surface area contributed by atoms with E-state index in [9.17, 15) is 14.4 Å². The second kappa shape index (κ2) is 9.93. The van der Waals surface area contributed by atoms with E-state index in [1.165, 1.54) is 4.68 Å². The van der Waals surface area contributed by atoms with Crippen LogP contribution >= 0.6 is 27.5 Å². The van der Waals surface area contributed by atoms with E-state index in [1.54, 1.807) is 49.4 Å². The van der Waals surface area contributed by atoms with Crippen LogP contribution in [0.2, 0.25) is 5.02 Å². The second-order valence-electron chi connectivity index (χ2n) is 8.15. The van der Waals surface area contributed by atoms with Crippen LogP contribution in [0.15, 0.2) is 65.1 Å². The normalized spacial score (nSPS) is 10.8. The first-order valence-corrected chi connectivity index (χ1v) is 11.9. The smallest absolute Gasteiger partial charge is 0.320 e. The number of fused-ring (bicyclic) bond motifs is 1. The third kappa shape index (κ3) is 5.23. The molecule has 3 aromatic carbocycles. The molecule has 35 heavy (non-hydrogen) atoms. The van der Waals surface area contributed by atoms with Crippen LogP contribution in [-0.2, 0) is 9.59 Å². The summed E-state index contributed by atoms with van der Waals surface area (Å²) in [7, 11) is 0. The number of aryl methyl sites for hydroxylation is 2. The molecule has 0 fully saturated rings. The number of halogens is 2. The lowest BCUT2D eigenvalue weighted by atomic mass is 10.1. The number of nitrogens with one attached hydrogen (secondary N) is 3. The fourth-order valence-corrected chi connectivity index (χ4v) is 4.24. The molecule has 3 amide bonds. The molecule has 1 aromatic heterocycles. The maximum absolute atomic E-state index is 13.2. The number of nitrogens with zero attached hydrogens (tertiary/aromatic N) is 1. The summed E-state index contributed by atoms with van der Waals surface area (Å²) in [6.07, 6.45) is 0. The van der Waals surface area contributed by atoms with E-state index in [4.69, 9.17) is 11.6 Å². The van der Waals surface area contributed by atoms with Gasteiger partial charge in [-0.05, 0) is 74.4 Å². The lowest BCUT2D eigenvalue weighted by Gasteiger charge is -2.14. The van der Waals surface area contributed by atoms with Crippen molar-refractivity contribution in [2.24, 2.45) is 0 Å². The molecular formula is C26H22BrClN4O3. The van der Waals surface area contributed by atoms with Crippen molar-refractivity contribution in [2.75, 3.05) is 16.1 Å². The molecular weight excluding hydrogens is 532 g/mol. The molecule has 178 valence electrons. The number of benzene rings is 3. The predicted molar refractivity (Wildman–Crippen MR) is 143 cm³/mol. The molecule has 0 aliphatic heterocycles. The number of amides is 3. The fraction of sp³-hybridized carbons (Fsp3) is 0.115. The number of aromatic nitrogens is 1. The minimum absolute atomic E-state index is 0.144. The van der Waals surface area contributed by atoms with Gasteiger partial charge in [0.15, 0.2) is 0 Å². The van der Waals surface area contributed by atoms with Crippen LogP contribution < -0.4 is 16.1 Å². The Morgan fingerprint density at radius 1 is 0.857 bits per heavy atom. The minimum Gasteiger partial charge on any atom is -0.320 e. The molecule has 0 atom stereocenters. The Kier molecular flexibility index (Phi) is 6.95. The van der Waals surface area contributed by atoms with Crippen LogP contribution in [0.5, 0.6) is 0 Å². The standard InChI is InChI=1S/C26H22BrClN4O3/c1-14-7-9-20(15(2)11-14)29-25(34)26(35)31-32-22-10-8-18(27)12-17(22)13-23(32)24(33)30-21-6-4-5-19(28)16(21)3/h4-13H,1-3H3,(H,29,34)(H,30,33)(H,31,35). The molecule has 0 unspecified atom stereocenters. The van der Waals surface area contributed by atoms with Gasteiger partial charge in [0.05, 0.1) is 5.52 Å². The lowest BCUT2D eigenvalue weighted by Crippen LogP contribution is -2.36. The highest BCUT2D eigenvalue weighted by Crippen LogP contribution is 2.26.